The molecule has 21 heavy (non-hydrogen) atoms. The summed E-state index contributed by atoms with van der Waals surface area (Å²) in [6.45, 7) is 0. The zero-order valence-electron chi connectivity index (χ0n) is 11.6. The number of hydrogen-bond acceptors (Lipinski definition) is 2. The molecule has 0 aromatic heterocycles. The summed E-state index contributed by atoms with van der Waals surface area (Å²) in [5.41, 5.74) is 2.19. The van der Waals surface area contributed by atoms with E-state index in [9.17, 15) is 0 Å². The average Bonchev–Trinajstić information content (AvgIpc) is 2.97. The van der Waals surface area contributed by atoms with Crippen LogP contribution in [0.5, 0.6) is 5.75 Å². The monoisotopic (exact) mass is 297 g/mol. The largest absolute Gasteiger partial charge is 0.488 e. The summed E-state index contributed by atoms with van der Waals surface area (Å²) in [4.78, 5) is 0. The van der Waals surface area contributed by atoms with Gasteiger partial charge in [-0.15, -0.1) is 0 Å². The van der Waals surface area contributed by atoms with Crippen molar-refractivity contribution in [3.63, 3.8) is 0 Å². The van der Waals surface area contributed by atoms with Gasteiger partial charge in [0.2, 0.25) is 0 Å². The van der Waals surface area contributed by atoms with Gasteiger partial charge in [-0.25, -0.2) is 0 Å². The molecular weight excluding hydrogens is 282 g/mol. The highest BCUT2D eigenvalue weighted by molar-refractivity contribution is 6.32. The quantitative estimate of drug-likeness (QED) is 0.791. The van der Waals surface area contributed by atoms with Gasteiger partial charge in [-0.05, 0) is 42.5 Å². The molecule has 2 aromatic carbocycles. The summed E-state index contributed by atoms with van der Waals surface area (Å²) < 4.78 is 5.95. The second-order valence-corrected chi connectivity index (χ2v) is 5.74. The smallest absolute Gasteiger partial charge is 0.138 e. The van der Waals surface area contributed by atoms with Crippen LogP contribution in [0.1, 0.15) is 19.3 Å². The van der Waals surface area contributed by atoms with Crippen molar-refractivity contribution in [3.8, 4) is 22.9 Å². The molecule has 0 bridgehead atoms. The van der Waals surface area contributed by atoms with E-state index in [0.717, 1.165) is 30.4 Å². The number of nitrogens with zero attached hydrogens (tertiary/aromatic N) is 1. The van der Waals surface area contributed by atoms with E-state index in [1.165, 1.54) is 0 Å². The van der Waals surface area contributed by atoms with Gasteiger partial charge in [-0.2, -0.15) is 5.26 Å². The number of ether oxygens (including phenoxy) is 1. The fraction of sp³-hybridized carbons (Fsp3) is 0.278. The first-order chi connectivity index (χ1) is 10.3. The zero-order chi connectivity index (χ0) is 14.7. The first-order valence-electron chi connectivity index (χ1n) is 7.19. The molecule has 3 rings (SSSR count). The third kappa shape index (κ3) is 3.04. The highest BCUT2D eigenvalue weighted by atomic mass is 35.5. The Morgan fingerprint density at radius 1 is 1.05 bits per heavy atom. The third-order valence-electron chi connectivity index (χ3n) is 3.94. The number of nitriles is 1. The maximum atomic E-state index is 9.11. The Morgan fingerprint density at radius 2 is 1.86 bits per heavy atom. The molecule has 2 unspecified atom stereocenters. The van der Waals surface area contributed by atoms with Gasteiger partial charge in [0, 0.05) is 0 Å². The van der Waals surface area contributed by atoms with Gasteiger partial charge in [-0.3, -0.25) is 0 Å². The van der Waals surface area contributed by atoms with Crippen LogP contribution in [0.3, 0.4) is 0 Å². The van der Waals surface area contributed by atoms with Gasteiger partial charge < -0.3 is 4.74 Å². The second-order valence-electron chi connectivity index (χ2n) is 5.33. The molecule has 0 aliphatic heterocycles. The van der Waals surface area contributed by atoms with Crippen LogP contribution < -0.4 is 4.74 Å². The molecule has 2 nitrogen and oxygen atoms in total. The van der Waals surface area contributed by atoms with Gasteiger partial charge >= 0.3 is 0 Å². The minimum atomic E-state index is -0.0323. The highest BCUT2D eigenvalue weighted by Crippen LogP contribution is 2.35. The second kappa shape index (κ2) is 6.20. The average molecular weight is 298 g/mol. The van der Waals surface area contributed by atoms with Crippen LogP contribution in [0, 0.1) is 17.2 Å². The van der Waals surface area contributed by atoms with Crippen LogP contribution in [-0.2, 0) is 0 Å². The van der Waals surface area contributed by atoms with Crippen LogP contribution in [0.2, 0.25) is 5.02 Å². The lowest BCUT2D eigenvalue weighted by Gasteiger charge is -2.17. The summed E-state index contributed by atoms with van der Waals surface area (Å²) in [7, 11) is 0. The van der Waals surface area contributed by atoms with Crippen LogP contribution in [0.4, 0.5) is 0 Å². The summed E-state index contributed by atoms with van der Waals surface area (Å²) in [6.07, 6.45) is 2.86. The Hall–Kier alpha value is -1.98. The molecule has 2 aromatic rings. The highest BCUT2D eigenvalue weighted by Gasteiger charge is 2.29. The standard InChI is InChI=1S/C18H16ClNO/c19-16-11-14(13-5-2-1-3-6-13)9-10-18(16)21-17-8-4-7-15(17)12-20/h1-3,5-6,9-11,15,17H,4,7-8H2. The van der Waals surface area contributed by atoms with Gasteiger partial charge in [0.25, 0.3) is 0 Å². The van der Waals surface area contributed by atoms with E-state index in [1.807, 2.05) is 36.4 Å². The lowest BCUT2D eigenvalue weighted by Crippen LogP contribution is -2.20. The molecule has 106 valence electrons. The fourth-order valence-electron chi connectivity index (χ4n) is 2.78. The normalized spacial score (nSPS) is 21.0. The van der Waals surface area contributed by atoms with E-state index >= 15 is 0 Å². The lowest BCUT2D eigenvalue weighted by atomic mass is 10.1. The Kier molecular flexibility index (Phi) is 4.13. The Bertz CT molecular complexity index is 663. The van der Waals surface area contributed by atoms with Crippen molar-refractivity contribution in [1.29, 1.82) is 5.26 Å². The van der Waals surface area contributed by atoms with Crippen LogP contribution >= 0.6 is 11.6 Å². The SMILES string of the molecule is N#CC1CCCC1Oc1ccc(-c2ccccc2)cc1Cl. The van der Waals surface area contributed by atoms with E-state index in [4.69, 9.17) is 21.6 Å². The van der Waals surface area contributed by atoms with Crippen molar-refractivity contribution in [2.45, 2.75) is 25.4 Å². The van der Waals surface area contributed by atoms with Crippen molar-refractivity contribution < 1.29 is 4.74 Å². The number of benzene rings is 2. The molecule has 0 heterocycles. The van der Waals surface area contributed by atoms with Gasteiger partial charge in [0.1, 0.15) is 11.9 Å². The van der Waals surface area contributed by atoms with Crippen LogP contribution in [0.25, 0.3) is 11.1 Å². The van der Waals surface area contributed by atoms with Crippen LogP contribution in [0.15, 0.2) is 48.5 Å². The number of hydrogen-bond donors (Lipinski definition) is 0. The van der Waals surface area contributed by atoms with E-state index in [2.05, 4.69) is 18.2 Å². The molecular formula is C18H16ClNO. The summed E-state index contributed by atoms with van der Waals surface area (Å²) in [6, 6.07) is 18.2. The molecule has 1 aliphatic rings. The molecule has 1 fully saturated rings. The molecule has 0 spiro atoms. The first-order valence-corrected chi connectivity index (χ1v) is 7.57. The minimum absolute atomic E-state index is 0.0186. The van der Waals surface area contributed by atoms with E-state index < -0.39 is 0 Å². The first kappa shape index (κ1) is 14.0. The molecule has 2 atom stereocenters. The third-order valence-corrected chi connectivity index (χ3v) is 4.23. The maximum absolute atomic E-state index is 9.11. The topological polar surface area (TPSA) is 33.0 Å². The van der Waals surface area contributed by atoms with Crippen LogP contribution in [-0.4, -0.2) is 6.10 Å². The molecule has 3 heteroatoms. The fourth-order valence-corrected chi connectivity index (χ4v) is 3.01. The molecule has 1 saturated carbocycles. The maximum Gasteiger partial charge on any atom is 0.138 e. The number of rotatable bonds is 3. The summed E-state index contributed by atoms with van der Waals surface area (Å²) >= 11 is 6.34. The molecule has 0 N–H and O–H groups in total. The van der Waals surface area contributed by atoms with E-state index in [0.29, 0.717) is 10.8 Å². The minimum Gasteiger partial charge on any atom is -0.488 e. The predicted molar refractivity (Wildman–Crippen MR) is 84.3 cm³/mol. The molecule has 0 saturated heterocycles. The molecule has 0 radical (unpaired) electrons. The van der Waals surface area contributed by atoms with Crippen molar-refractivity contribution in [2.75, 3.05) is 0 Å². The number of halogens is 1. The Morgan fingerprint density at radius 3 is 2.57 bits per heavy atom. The summed E-state index contributed by atoms with van der Waals surface area (Å²) in [5.74, 6) is 0.651. The Balaban J connectivity index is 1.81. The van der Waals surface area contributed by atoms with Crippen molar-refractivity contribution in [1.82, 2.24) is 0 Å². The van der Waals surface area contributed by atoms with E-state index in [1.54, 1.807) is 0 Å². The summed E-state index contributed by atoms with van der Waals surface area (Å²) in [5, 5.41) is 9.71. The van der Waals surface area contributed by atoms with Gasteiger partial charge in [0.05, 0.1) is 17.0 Å². The predicted octanol–water partition coefficient (Wildman–Crippen LogP) is 5.08. The molecule has 1 aliphatic carbocycles. The van der Waals surface area contributed by atoms with Crippen molar-refractivity contribution >= 4 is 11.6 Å². The van der Waals surface area contributed by atoms with E-state index in [-0.39, 0.29) is 12.0 Å². The zero-order valence-corrected chi connectivity index (χ0v) is 12.4. The Labute approximate surface area is 129 Å². The lowest BCUT2D eigenvalue weighted by molar-refractivity contribution is 0.183. The molecule has 0 amide bonds. The van der Waals surface area contributed by atoms with Gasteiger partial charge in [0.15, 0.2) is 0 Å². The van der Waals surface area contributed by atoms with Crippen molar-refractivity contribution in [3.05, 3.63) is 53.6 Å². The van der Waals surface area contributed by atoms with Gasteiger partial charge in [-0.1, -0.05) is 48.0 Å². The van der Waals surface area contributed by atoms with Crippen molar-refractivity contribution in [2.24, 2.45) is 5.92 Å².